The third kappa shape index (κ3) is 6.27. The smallest absolute Gasteiger partial charge is 0.264 e. The summed E-state index contributed by atoms with van der Waals surface area (Å²) in [5.74, 6) is 0.354. The van der Waals surface area contributed by atoms with E-state index in [4.69, 9.17) is 16.3 Å². The van der Waals surface area contributed by atoms with Crippen LogP contribution in [-0.4, -0.2) is 34.5 Å². The number of hydrogen-bond donors (Lipinski definition) is 1. The zero-order chi connectivity index (χ0) is 24.0. The predicted molar refractivity (Wildman–Crippen MR) is 132 cm³/mol. The number of methoxy groups -OCH3 is 1. The first kappa shape index (κ1) is 24.6. The lowest BCUT2D eigenvalue weighted by Gasteiger charge is -2.24. The molecule has 0 atom stereocenters. The second-order valence-corrected chi connectivity index (χ2v) is 9.98. The van der Waals surface area contributed by atoms with Gasteiger partial charge in [0.25, 0.3) is 10.0 Å². The maximum Gasteiger partial charge on any atom is 0.264 e. The van der Waals surface area contributed by atoms with Gasteiger partial charge in [-0.15, -0.1) is 0 Å². The molecule has 3 aromatic rings. The normalized spacial score (nSPS) is 11.2. The van der Waals surface area contributed by atoms with Crippen LogP contribution in [0.4, 0.5) is 5.69 Å². The highest BCUT2D eigenvalue weighted by molar-refractivity contribution is 7.92. The molecule has 0 aliphatic rings. The van der Waals surface area contributed by atoms with Crippen LogP contribution >= 0.6 is 11.6 Å². The molecule has 0 radical (unpaired) electrons. The van der Waals surface area contributed by atoms with Gasteiger partial charge in [0.15, 0.2) is 0 Å². The highest BCUT2D eigenvalue weighted by Crippen LogP contribution is 2.28. The number of aryl methyl sites for hydroxylation is 2. The molecule has 3 aromatic carbocycles. The third-order valence-corrected chi connectivity index (χ3v) is 7.43. The van der Waals surface area contributed by atoms with Gasteiger partial charge in [-0.1, -0.05) is 47.5 Å². The average molecular weight is 487 g/mol. The van der Waals surface area contributed by atoms with Crippen molar-refractivity contribution in [2.24, 2.45) is 0 Å². The Morgan fingerprint density at radius 1 is 1.00 bits per heavy atom. The number of carbonyl (C=O) groups is 1. The van der Waals surface area contributed by atoms with Gasteiger partial charge in [-0.25, -0.2) is 8.42 Å². The van der Waals surface area contributed by atoms with E-state index in [1.54, 1.807) is 37.4 Å². The molecule has 1 amide bonds. The highest BCUT2D eigenvalue weighted by Gasteiger charge is 2.27. The van der Waals surface area contributed by atoms with Crippen LogP contribution in [0.1, 0.15) is 16.7 Å². The van der Waals surface area contributed by atoms with Crippen LogP contribution in [0, 0.1) is 13.8 Å². The van der Waals surface area contributed by atoms with Gasteiger partial charge >= 0.3 is 0 Å². The van der Waals surface area contributed by atoms with Crippen LogP contribution in [0.3, 0.4) is 0 Å². The largest absolute Gasteiger partial charge is 0.497 e. The number of rotatable bonds is 9. The lowest BCUT2D eigenvalue weighted by atomic mass is 10.1. The Kier molecular flexibility index (Phi) is 8.00. The molecule has 0 heterocycles. The van der Waals surface area contributed by atoms with E-state index in [0.717, 1.165) is 26.7 Å². The monoisotopic (exact) mass is 486 g/mol. The summed E-state index contributed by atoms with van der Waals surface area (Å²) in [6, 6.07) is 19.0. The summed E-state index contributed by atoms with van der Waals surface area (Å²) in [7, 11) is -2.38. The summed E-state index contributed by atoms with van der Waals surface area (Å²) in [6.07, 6.45) is 0.608. The number of nitrogens with zero attached hydrogens (tertiary/aromatic N) is 1. The molecule has 1 N–H and O–H groups in total. The van der Waals surface area contributed by atoms with Crippen molar-refractivity contribution in [3.8, 4) is 5.75 Å². The number of nitrogens with one attached hydrogen (secondary N) is 1. The van der Waals surface area contributed by atoms with E-state index in [-0.39, 0.29) is 11.4 Å². The molecule has 6 nitrogen and oxygen atoms in total. The Morgan fingerprint density at radius 2 is 1.67 bits per heavy atom. The topological polar surface area (TPSA) is 75.7 Å². The molecule has 0 saturated heterocycles. The van der Waals surface area contributed by atoms with E-state index in [9.17, 15) is 13.2 Å². The van der Waals surface area contributed by atoms with Crippen LogP contribution in [-0.2, 0) is 21.2 Å². The van der Waals surface area contributed by atoms with E-state index in [0.29, 0.717) is 23.7 Å². The Balaban J connectivity index is 1.77. The number of carbonyl (C=O) groups excluding carboxylic acids is 1. The lowest BCUT2D eigenvalue weighted by Crippen LogP contribution is -2.41. The van der Waals surface area contributed by atoms with Crippen molar-refractivity contribution >= 4 is 33.2 Å². The summed E-state index contributed by atoms with van der Waals surface area (Å²) >= 11 is 6.25. The van der Waals surface area contributed by atoms with Crippen LogP contribution in [0.25, 0.3) is 0 Å². The van der Waals surface area contributed by atoms with E-state index in [1.807, 2.05) is 38.1 Å². The number of anilines is 1. The van der Waals surface area contributed by atoms with Gasteiger partial charge in [0.2, 0.25) is 5.91 Å². The SMILES string of the molecule is COc1ccc(CCNC(=O)CN(c2ccc(C)c(Cl)c2)S(=O)(=O)c2ccc(C)cc2)cc1. The number of ether oxygens (including phenoxy) is 1. The molecule has 0 aromatic heterocycles. The van der Waals surface area contributed by atoms with E-state index in [2.05, 4.69) is 5.32 Å². The van der Waals surface area contributed by atoms with Crippen molar-refractivity contribution in [2.45, 2.75) is 25.2 Å². The second-order valence-electron chi connectivity index (χ2n) is 7.71. The molecular weight excluding hydrogens is 460 g/mol. The number of hydrogen-bond acceptors (Lipinski definition) is 4. The quantitative estimate of drug-likeness (QED) is 0.482. The number of benzene rings is 3. The molecule has 0 bridgehead atoms. The predicted octanol–water partition coefficient (Wildman–Crippen LogP) is 4.52. The summed E-state index contributed by atoms with van der Waals surface area (Å²) in [6.45, 7) is 3.72. The highest BCUT2D eigenvalue weighted by atomic mass is 35.5. The molecule has 0 aliphatic heterocycles. The van der Waals surface area contributed by atoms with E-state index in [1.165, 1.54) is 12.1 Å². The maximum absolute atomic E-state index is 13.4. The zero-order valence-electron chi connectivity index (χ0n) is 18.8. The van der Waals surface area contributed by atoms with Crippen LogP contribution in [0.5, 0.6) is 5.75 Å². The van der Waals surface area contributed by atoms with Gasteiger partial charge in [-0.05, 0) is 67.8 Å². The van der Waals surface area contributed by atoms with Crippen molar-refractivity contribution in [1.82, 2.24) is 5.32 Å². The van der Waals surface area contributed by atoms with Gasteiger partial charge in [0.1, 0.15) is 12.3 Å². The van der Waals surface area contributed by atoms with Crippen molar-refractivity contribution in [3.05, 3.63) is 88.4 Å². The Bertz CT molecular complexity index is 1210. The average Bonchev–Trinajstić information content (AvgIpc) is 2.80. The molecule has 0 fully saturated rings. The first-order valence-corrected chi connectivity index (χ1v) is 12.3. The maximum atomic E-state index is 13.4. The molecular formula is C25H27ClN2O4S. The van der Waals surface area contributed by atoms with Crippen molar-refractivity contribution in [1.29, 1.82) is 0 Å². The van der Waals surface area contributed by atoms with Crippen molar-refractivity contribution in [2.75, 3.05) is 24.5 Å². The van der Waals surface area contributed by atoms with Gasteiger partial charge in [0, 0.05) is 11.6 Å². The molecule has 0 aliphatic carbocycles. The fourth-order valence-corrected chi connectivity index (χ4v) is 4.80. The van der Waals surface area contributed by atoms with Crippen molar-refractivity contribution in [3.63, 3.8) is 0 Å². The second kappa shape index (κ2) is 10.7. The molecule has 3 rings (SSSR count). The van der Waals surface area contributed by atoms with E-state index < -0.39 is 15.9 Å². The van der Waals surface area contributed by atoms with Gasteiger partial charge in [-0.2, -0.15) is 0 Å². The summed E-state index contributed by atoms with van der Waals surface area (Å²) in [5, 5.41) is 3.24. The number of amides is 1. The van der Waals surface area contributed by atoms with Gasteiger partial charge < -0.3 is 10.1 Å². The minimum atomic E-state index is -3.98. The lowest BCUT2D eigenvalue weighted by molar-refractivity contribution is -0.119. The first-order valence-electron chi connectivity index (χ1n) is 10.5. The minimum Gasteiger partial charge on any atom is -0.497 e. The molecule has 0 spiro atoms. The van der Waals surface area contributed by atoms with Crippen LogP contribution < -0.4 is 14.4 Å². The Labute approximate surface area is 200 Å². The molecule has 8 heteroatoms. The van der Waals surface area contributed by atoms with Crippen LogP contribution in [0.15, 0.2) is 71.6 Å². The molecule has 174 valence electrons. The molecule has 33 heavy (non-hydrogen) atoms. The number of sulfonamides is 1. The minimum absolute atomic E-state index is 0.107. The Hall–Kier alpha value is -3.03. The zero-order valence-corrected chi connectivity index (χ0v) is 20.4. The fourth-order valence-electron chi connectivity index (χ4n) is 3.21. The van der Waals surface area contributed by atoms with E-state index >= 15 is 0 Å². The van der Waals surface area contributed by atoms with Gasteiger partial charge in [-0.3, -0.25) is 9.10 Å². The summed E-state index contributed by atoms with van der Waals surface area (Å²) < 4.78 is 33.1. The fraction of sp³-hybridized carbons (Fsp3) is 0.240. The molecule has 0 saturated carbocycles. The summed E-state index contributed by atoms with van der Waals surface area (Å²) in [4.78, 5) is 12.8. The van der Waals surface area contributed by atoms with Crippen molar-refractivity contribution < 1.29 is 17.9 Å². The summed E-state index contributed by atoms with van der Waals surface area (Å²) in [5.41, 5.74) is 3.12. The standard InChI is InChI=1S/C25H27ClN2O4S/c1-18-4-12-23(13-5-18)33(30,31)28(21-9-6-19(2)24(26)16-21)17-25(29)27-15-14-20-7-10-22(32-3)11-8-20/h4-13,16H,14-15,17H2,1-3H3,(H,27,29). The molecule has 0 unspecified atom stereocenters. The number of halogens is 1. The van der Waals surface area contributed by atoms with Crippen LogP contribution in [0.2, 0.25) is 5.02 Å². The third-order valence-electron chi connectivity index (χ3n) is 5.23. The first-order chi connectivity index (χ1) is 15.7. The van der Waals surface area contributed by atoms with Gasteiger partial charge in [0.05, 0.1) is 17.7 Å². The Morgan fingerprint density at radius 3 is 2.27 bits per heavy atom.